The molecule has 0 radical (unpaired) electrons. The molecule has 4 aromatic rings. The lowest BCUT2D eigenvalue weighted by Crippen LogP contribution is -2.43. The summed E-state index contributed by atoms with van der Waals surface area (Å²) in [6.07, 6.45) is -2.84. The number of rotatable bonds is 6. The van der Waals surface area contributed by atoms with E-state index in [1.807, 2.05) is 42.5 Å². The molecule has 1 unspecified atom stereocenters. The number of anilines is 1. The van der Waals surface area contributed by atoms with Gasteiger partial charge in [0, 0.05) is 24.6 Å². The van der Waals surface area contributed by atoms with Gasteiger partial charge in [-0.3, -0.25) is 9.36 Å². The van der Waals surface area contributed by atoms with E-state index < -0.39 is 29.3 Å². The van der Waals surface area contributed by atoms with Gasteiger partial charge < -0.3 is 15.7 Å². The fourth-order valence-electron chi connectivity index (χ4n) is 6.07. The van der Waals surface area contributed by atoms with E-state index in [1.54, 1.807) is 17.4 Å². The molecule has 1 aromatic heterocycles. The van der Waals surface area contributed by atoms with Crippen molar-refractivity contribution in [2.24, 2.45) is 0 Å². The zero-order valence-corrected chi connectivity index (χ0v) is 24.3. The van der Waals surface area contributed by atoms with Gasteiger partial charge >= 0.3 is 12.1 Å². The van der Waals surface area contributed by atoms with Crippen molar-refractivity contribution in [2.75, 3.05) is 32.0 Å². The molecule has 6 rings (SSSR count). The number of carboxylic acids is 1. The number of likely N-dealkylation sites (N-methyl/N-ethyl adjacent to an activating group) is 1. The largest absolute Gasteiger partial charge is 0.480 e. The Kier molecular flexibility index (Phi) is 7.97. The smallest absolute Gasteiger partial charge is 0.416 e. The number of aromatic nitrogens is 1. The Hall–Kier alpha value is -3.80. The Balaban J connectivity index is 1.68. The summed E-state index contributed by atoms with van der Waals surface area (Å²) in [5.41, 5.74) is 1.11. The number of carboxylic acid groups (broad SMARTS) is 1. The monoisotopic (exact) mass is 608 g/mol. The topological polar surface area (TPSA) is 86.6 Å². The van der Waals surface area contributed by atoms with E-state index in [1.165, 1.54) is 22.6 Å². The van der Waals surface area contributed by atoms with Crippen LogP contribution in [0.1, 0.15) is 35.6 Å². The molecule has 2 aliphatic rings. The van der Waals surface area contributed by atoms with Crippen molar-refractivity contribution < 1.29 is 23.1 Å². The molecule has 1 saturated heterocycles. The van der Waals surface area contributed by atoms with Crippen molar-refractivity contribution in [1.29, 1.82) is 0 Å². The van der Waals surface area contributed by atoms with Gasteiger partial charge in [-0.05, 0) is 84.5 Å². The number of alkyl halides is 3. The number of aliphatic carboxylic acids is 1. The Morgan fingerprint density at radius 2 is 1.79 bits per heavy atom. The summed E-state index contributed by atoms with van der Waals surface area (Å²) in [4.78, 5) is 26.9. The minimum atomic E-state index is -4.58. The van der Waals surface area contributed by atoms with Gasteiger partial charge in [-0.2, -0.15) is 13.2 Å². The molecular weight excluding hydrogens is 577 g/mol. The van der Waals surface area contributed by atoms with Gasteiger partial charge in [0.1, 0.15) is 16.8 Å². The van der Waals surface area contributed by atoms with Crippen LogP contribution in [0.15, 0.2) is 76.6 Å². The van der Waals surface area contributed by atoms with Crippen molar-refractivity contribution in [1.82, 2.24) is 14.2 Å². The molecule has 3 N–H and O–H groups in total. The summed E-state index contributed by atoms with van der Waals surface area (Å²) in [5.74, 6) is -1.18. The van der Waals surface area contributed by atoms with E-state index in [0.717, 1.165) is 54.4 Å². The van der Waals surface area contributed by atoms with Crippen LogP contribution in [0, 0.1) is 0 Å². The minimum Gasteiger partial charge on any atom is -0.480 e. The molecule has 3 aromatic carbocycles. The lowest BCUT2D eigenvalue weighted by Gasteiger charge is -2.35. The third kappa shape index (κ3) is 5.76. The zero-order valence-electron chi connectivity index (χ0n) is 23.4. The molecular formula is C32H31F3N4O3S. The predicted octanol–water partition coefficient (Wildman–Crippen LogP) is 6.02. The first-order valence-electron chi connectivity index (χ1n) is 14.2. The molecule has 0 saturated carbocycles. The van der Waals surface area contributed by atoms with Crippen molar-refractivity contribution >= 4 is 34.4 Å². The van der Waals surface area contributed by atoms with Crippen molar-refractivity contribution in [3.8, 4) is 11.1 Å². The van der Waals surface area contributed by atoms with Crippen LogP contribution in [-0.4, -0.2) is 52.7 Å². The number of nitrogens with one attached hydrogen (secondary N) is 2. The molecule has 3 heterocycles. The van der Waals surface area contributed by atoms with E-state index in [9.17, 15) is 27.9 Å². The molecule has 2 aliphatic heterocycles. The van der Waals surface area contributed by atoms with Crippen LogP contribution in [0.25, 0.3) is 21.9 Å². The molecule has 0 aliphatic carbocycles. The number of benzene rings is 3. The third-order valence-electron chi connectivity index (χ3n) is 8.15. The number of carbonyl (C=O) groups is 1. The van der Waals surface area contributed by atoms with Crippen molar-refractivity contribution in [3.63, 3.8) is 0 Å². The number of fused-ring (bicyclic) bond motifs is 2. The number of halogens is 3. The van der Waals surface area contributed by atoms with E-state index in [2.05, 4.69) is 10.6 Å². The van der Waals surface area contributed by atoms with Crippen LogP contribution < -0.4 is 16.2 Å². The summed E-state index contributed by atoms with van der Waals surface area (Å²) in [6, 6.07) is 17.5. The minimum absolute atomic E-state index is 0.0598. The highest BCUT2D eigenvalue weighted by Gasteiger charge is 2.37. The second-order valence-corrected chi connectivity index (χ2v) is 12.2. The van der Waals surface area contributed by atoms with Crippen LogP contribution in [0.5, 0.6) is 0 Å². The van der Waals surface area contributed by atoms with Crippen LogP contribution in [-0.2, 0) is 17.4 Å². The van der Waals surface area contributed by atoms with Gasteiger partial charge in [0.25, 0.3) is 5.56 Å². The van der Waals surface area contributed by atoms with E-state index in [4.69, 9.17) is 0 Å². The lowest BCUT2D eigenvalue weighted by molar-refractivity contribution is -0.141. The molecule has 224 valence electrons. The molecule has 7 nitrogen and oxygen atoms in total. The van der Waals surface area contributed by atoms with Gasteiger partial charge in [-0.1, -0.05) is 54.6 Å². The molecule has 43 heavy (non-hydrogen) atoms. The fraction of sp³-hybridized carbons (Fsp3) is 0.312. The van der Waals surface area contributed by atoms with Crippen molar-refractivity contribution in [2.45, 2.75) is 42.5 Å². The van der Waals surface area contributed by atoms with Gasteiger partial charge in [-0.25, -0.2) is 9.10 Å². The Labute approximate surface area is 250 Å². The van der Waals surface area contributed by atoms with E-state index in [-0.39, 0.29) is 30.3 Å². The van der Waals surface area contributed by atoms with Crippen LogP contribution in [0.4, 0.5) is 18.9 Å². The maximum absolute atomic E-state index is 14.4. The fourth-order valence-corrected chi connectivity index (χ4v) is 7.21. The predicted molar refractivity (Wildman–Crippen MR) is 163 cm³/mol. The standard InChI is InChI=1S/C32H31F3N4O3S/c1-38-18-26(31(41)42)39-29(40)28(37-23-12-14-36-15-13-23)25(17-20-8-4-7-19-6-2-3-11-24(19)20)27(30(39)43-38)21-9-5-10-22(16-21)32(33,34)35/h2-11,16,23,26,36-37H,12-15,17-18H2,1H3,(H,41,42). The van der Waals surface area contributed by atoms with Crippen LogP contribution in [0.3, 0.4) is 0 Å². The van der Waals surface area contributed by atoms with Gasteiger partial charge in [0.15, 0.2) is 0 Å². The van der Waals surface area contributed by atoms with E-state index in [0.29, 0.717) is 16.2 Å². The number of hydrogen-bond acceptors (Lipinski definition) is 6. The summed E-state index contributed by atoms with van der Waals surface area (Å²) in [7, 11) is 1.72. The highest BCUT2D eigenvalue weighted by atomic mass is 32.2. The van der Waals surface area contributed by atoms with Crippen molar-refractivity contribution in [3.05, 3.63) is 93.8 Å². The maximum atomic E-state index is 14.4. The molecule has 0 spiro atoms. The first-order valence-corrected chi connectivity index (χ1v) is 14.9. The first kappa shape index (κ1) is 29.3. The number of nitrogens with zero attached hydrogens (tertiary/aromatic N) is 2. The molecule has 0 bridgehead atoms. The van der Waals surface area contributed by atoms with Gasteiger partial charge in [-0.15, -0.1) is 0 Å². The Morgan fingerprint density at radius 1 is 1.07 bits per heavy atom. The second-order valence-electron chi connectivity index (χ2n) is 11.0. The lowest BCUT2D eigenvalue weighted by atomic mass is 9.91. The average molecular weight is 609 g/mol. The third-order valence-corrected chi connectivity index (χ3v) is 9.19. The quantitative estimate of drug-likeness (QED) is 0.231. The highest BCUT2D eigenvalue weighted by Crippen LogP contribution is 2.44. The molecule has 1 fully saturated rings. The highest BCUT2D eigenvalue weighted by molar-refractivity contribution is 7.97. The second kappa shape index (κ2) is 11.7. The number of piperidine rings is 1. The van der Waals surface area contributed by atoms with Crippen LogP contribution >= 0.6 is 11.9 Å². The number of hydrogen-bond donors (Lipinski definition) is 3. The summed E-state index contributed by atoms with van der Waals surface area (Å²) in [6.45, 7) is 1.56. The molecule has 0 amide bonds. The normalized spacial score (nSPS) is 18.0. The SMILES string of the molecule is CN1CC(C(=O)O)n2c(c(-c3cccc(C(F)(F)F)c3)c(Cc3cccc4ccccc34)c(NC3CCNCC3)c2=O)S1. The molecule has 11 heteroatoms. The maximum Gasteiger partial charge on any atom is 0.416 e. The summed E-state index contributed by atoms with van der Waals surface area (Å²) in [5, 5.41) is 19.3. The Morgan fingerprint density at radius 3 is 2.53 bits per heavy atom. The Bertz CT molecular complexity index is 1750. The summed E-state index contributed by atoms with van der Waals surface area (Å²) >= 11 is 1.18. The van der Waals surface area contributed by atoms with Crippen LogP contribution in [0.2, 0.25) is 0 Å². The van der Waals surface area contributed by atoms with Gasteiger partial charge in [0.2, 0.25) is 0 Å². The first-order chi connectivity index (χ1) is 20.6. The van der Waals surface area contributed by atoms with E-state index >= 15 is 0 Å². The van der Waals surface area contributed by atoms with Gasteiger partial charge in [0.05, 0.1) is 5.56 Å². The average Bonchev–Trinajstić information content (AvgIpc) is 2.99. The summed E-state index contributed by atoms with van der Waals surface area (Å²) < 4.78 is 44.9. The molecule has 1 atom stereocenters. The zero-order chi connectivity index (χ0) is 30.3. The number of pyridine rings is 1.